The number of benzene rings is 2. The molecule has 146 valence electrons. The van der Waals surface area contributed by atoms with E-state index in [1.807, 2.05) is 65.4 Å². The predicted molar refractivity (Wildman–Crippen MR) is 109 cm³/mol. The molecule has 0 spiro atoms. The van der Waals surface area contributed by atoms with Crippen molar-refractivity contribution >= 4 is 17.7 Å². The fraction of sp³-hybridized carbons (Fsp3) is 0.238. The first-order valence-corrected chi connectivity index (χ1v) is 9.89. The van der Waals surface area contributed by atoms with Crippen LogP contribution in [0.25, 0.3) is 0 Å². The van der Waals surface area contributed by atoms with E-state index in [9.17, 15) is 9.90 Å². The molecule has 1 amide bonds. The normalized spacial score (nSPS) is 10.6. The highest BCUT2D eigenvalue weighted by atomic mass is 32.2. The lowest BCUT2D eigenvalue weighted by Gasteiger charge is -2.09. The second kappa shape index (κ2) is 9.96. The average Bonchev–Trinajstić information content (AvgIpc) is 3.14. The number of hydrogen-bond acceptors (Lipinski definition) is 5. The van der Waals surface area contributed by atoms with E-state index < -0.39 is 0 Å². The van der Waals surface area contributed by atoms with E-state index in [0.29, 0.717) is 23.9 Å². The SMILES string of the molecule is COc1ccc(Cn2cc(CO)nc2SCC(=O)NCc2ccccc2)cc1. The standard InChI is InChI=1S/C21H23N3O3S/c1-27-19-9-7-17(8-10-19)12-24-13-18(14-25)23-21(24)28-15-20(26)22-11-16-5-3-2-4-6-16/h2-10,13,25H,11-12,14-15H2,1H3,(H,22,26). The Kier molecular flexibility index (Phi) is 7.11. The van der Waals surface area contributed by atoms with E-state index in [-0.39, 0.29) is 18.3 Å². The van der Waals surface area contributed by atoms with Crippen LogP contribution in [0.2, 0.25) is 0 Å². The number of nitrogens with zero attached hydrogens (tertiary/aromatic N) is 2. The molecule has 1 heterocycles. The first kappa shape index (κ1) is 20.0. The molecule has 0 saturated carbocycles. The summed E-state index contributed by atoms with van der Waals surface area (Å²) in [5.74, 6) is 1.01. The second-order valence-corrected chi connectivity index (χ2v) is 7.14. The van der Waals surface area contributed by atoms with Gasteiger partial charge in [-0.3, -0.25) is 4.79 Å². The van der Waals surface area contributed by atoms with Crippen LogP contribution in [0.15, 0.2) is 66.0 Å². The van der Waals surface area contributed by atoms with Gasteiger partial charge in [0.1, 0.15) is 5.75 Å². The average molecular weight is 398 g/mol. The van der Waals surface area contributed by atoms with Crippen LogP contribution >= 0.6 is 11.8 Å². The maximum atomic E-state index is 12.2. The van der Waals surface area contributed by atoms with Crippen molar-refractivity contribution in [3.05, 3.63) is 77.6 Å². The Morgan fingerprint density at radius 1 is 1.14 bits per heavy atom. The number of imidazole rings is 1. The summed E-state index contributed by atoms with van der Waals surface area (Å²) in [6, 6.07) is 17.6. The van der Waals surface area contributed by atoms with Gasteiger partial charge in [-0.2, -0.15) is 0 Å². The highest BCUT2D eigenvalue weighted by Gasteiger charge is 2.11. The zero-order valence-electron chi connectivity index (χ0n) is 15.7. The number of carbonyl (C=O) groups excluding carboxylic acids is 1. The van der Waals surface area contributed by atoms with Gasteiger partial charge in [-0.05, 0) is 23.3 Å². The van der Waals surface area contributed by atoms with Gasteiger partial charge in [0.05, 0.1) is 25.2 Å². The fourth-order valence-electron chi connectivity index (χ4n) is 2.66. The quantitative estimate of drug-likeness (QED) is 0.543. The van der Waals surface area contributed by atoms with Crippen LogP contribution in [0, 0.1) is 0 Å². The summed E-state index contributed by atoms with van der Waals surface area (Å²) in [7, 11) is 1.63. The van der Waals surface area contributed by atoms with Gasteiger partial charge in [-0.1, -0.05) is 54.2 Å². The van der Waals surface area contributed by atoms with Gasteiger partial charge in [0, 0.05) is 19.3 Å². The predicted octanol–water partition coefficient (Wildman–Crippen LogP) is 2.84. The van der Waals surface area contributed by atoms with Crippen molar-refractivity contribution in [3.8, 4) is 5.75 Å². The lowest BCUT2D eigenvalue weighted by molar-refractivity contribution is -0.118. The number of amides is 1. The molecular formula is C21H23N3O3S. The molecule has 0 aliphatic heterocycles. The maximum Gasteiger partial charge on any atom is 0.230 e. The number of ether oxygens (including phenoxy) is 1. The molecule has 3 aromatic rings. The summed E-state index contributed by atoms with van der Waals surface area (Å²) in [4.78, 5) is 16.6. The molecule has 1 aromatic heterocycles. The van der Waals surface area contributed by atoms with Crippen LogP contribution in [0.5, 0.6) is 5.75 Å². The maximum absolute atomic E-state index is 12.2. The Balaban J connectivity index is 1.59. The van der Waals surface area contributed by atoms with E-state index >= 15 is 0 Å². The van der Waals surface area contributed by atoms with E-state index in [2.05, 4.69) is 10.3 Å². The van der Waals surface area contributed by atoms with Crippen molar-refractivity contribution in [3.63, 3.8) is 0 Å². The van der Waals surface area contributed by atoms with Gasteiger partial charge >= 0.3 is 0 Å². The molecule has 28 heavy (non-hydrogen) atoms. The Morgan fingerprint density at radius 3 is 2.57 bits per heavy atom. The van der Waals surface area contributed by atoms with Crippen molar-refractivity contribution in [2.24, 2.45) is 0 Å². The molecule has 6 nitrogen and oxygen atoms in total. The van der Waals surface area contributed by atoms with Crippen LogP contribution in [-0.4, -0.2) is 33.4 Å². The highest BCUT2D eigenvalue weighted by Crippen LogP contribution is 2.20. The van der Waals surface area contributed by atoms with Crippen LogP contribution in [0.4, 0.5) is 0 Å². The number of aromatic nitrogens is 2. The number of nitrogens with one attached hydrogen (secondary N) is 1. The number of hydrogen-bond donors (Lipinski definition) is 2. The molecule has 0 aliphatic carbocycles. The molecule has 0 radical (unpaired) electrons. The first-order chi connectivity index (χ1) is 13.7. The van der Waals surface area contributed by atoms with Gasteiger partial charge in [-0.15, -0.1) is 0 Å². The number of aliphatic hydroxyl groups excluding tert-OH is 1. The molecule has 2 N–H and O–H groups in total. The third-order valence-corrected chi connectivity index (χ3v) is 5.12. The van der Waals surface area contributed by atoms with Crippen LogP contribution in [0.3, 0.4) is 0 Å². The summed E-state index contributed by atoms with van der Waals surface area (Å²) in [5.41, 5.74) is 2.73. The van der Waals surface area contributed by atoms with Gasteiger partial charge in [0.15, 0.2) is 5.16 Å². The van der Waals surface area contributed by atoms with E-state index in [1.165, 1.54) is 11.8 Å². The molecule has 2 aromatic carbocycles. The highest BCUT2D eigenvalue weighted by molar-refractivity contribution is 7.99. The zero-order valence-corrected chi connectivity index (χ0v) is 16.5. The Morgan fingerprint density at radius 2 is 1.89 bits per heavy atom. The summed E-state index contributed by atoms with van der Waals surface area (Å²) < 4.78 is 7.13. The molecule has 0 bridgehead atoms. The number of rotatable bonds is 9. The number of aliphatic hydroxyl groups is 1. The van der Waals surface area contributed by atoms with Crippen molar-refractivity contribution in [1.29, 1.82) is 0 Å². The molecule has 0 atom stereocenters. The van der Waals surface area contributed by atoms with Gasteiger partial charge in [0.25, 0.3) is 0 Å². The monoisotopic (exact) mass is 397 g/mol. The number of carbonyl (C=O) groups is 1. The Labute approximate surface area is 168 Å². The van der Waals surface area contributed by atoms with Crippen molar-refractivity contribution in [2.45, 2.75) is 24.9 Å². The second-order valence-electron chi connectivity index (χ2n) is 6.20. The summed E-state index contributed by atoms with van der Waals surface area (Å²) >= 11 is 1.36. The van der Waals surface area contributed by atoms with Crippen LogP contribution < -0.4 is 10.1 Å². The fourth-order valence-corrected chi connectivity index (χ4v) is 3.49. The number of thioether (sulfide) groups is 1. The van der Waals surface area contributed by atoms with E-state index in [1.54, 1.807) is 7.11 Å². The molecular weight excluding hydrogens is 374 g/mol. The van der Waals surface area contributed by atoms with Crippen molar-refractivity contribution in [1.82, 2.24) is 14.9 Å². The molecule has 7 heteroatoms. The minimum atomic E-state index is -0.136. The summed E-state index contributed by atoms with van der Waals surface area (Å²) in [6.45, 7) is 0.969. The number of methoxy groups -OCH3 is 1. The first-order valence-electron chi connectivity index (χ1n) is 8.91. The summed E-state index contributed by atoms with van der Waals surface area (Å²) in [5, 5.41) is 13.0. The Bertz CT molecular complexity index is 895. The zero-order chi connectivity index (χ0) is 19.8. The topological polar surface area (TPSA) is 76.4 Å². The van der Waals surface area contributed by atoms with Gasteiger partial charge < -0.3 is 19.7 Å². The molecule has 0 saturated heterocycles. The van der Waals surface area contributed by atoms with Crippen molar-refractivity contribution in [2.75, 3.05) is 12.9 Å². The lowest BCUT2D eigenvalue weighted by atomic mass is 10.2. The van der Waals surface area contributed by atoms with Crippen LogP contribution in [0.1, 0.15) is 16.8 Å². The van der Waals surface area contributed by atoms with Gasteiger partial charge in [0.2, 0.25) is 5.91 Å². The third-order valence-electron chi connectivity index (χ3n) is 4.13. The van der Waals surface area contributed by atoms with E-state index in [0.717, 1.165) is 16.9 Å². The molecule has 0 fully saturated rings. The smallest absolute Gasteiger partial charge is 0.230 e. The Hall–Kier alpha value is -2.77. The van der Waals surface area contributed by atoms with Crippen molar-refractivity contribution < 1.29 is 14.6 Å². The molecule has 0 aliphatic rings. The summed E-state index contributed by atoms with van der Waals surface area (Å²) in [6.07, 6.45) is 1.81. The minimum Gasteiger partial charge on any atom is -0.497 e. The molecule has 0 unspecified atom stereocenters. The molecule has 3 rings (SSSR count). The van der Waals surface area contributed by atoms with E-state index in [4.69, 9.17) is 4.74 Å². The minimum absolute atomic E-state index is 0.0570. The largest absolute Gasteiger partial charge is 0.497 e. The third kappa shape index (κ3) is 5.61. The van der Waals surface area contributed by atoms with Crippen LogP contribution in [-0.2, 0) is 24.5 Å². The lowest BCUT2D eigenvalue weighted by Crippen LogP contribution is -2.24. The van der Waals surface area contributed by atoms with Gasteiger partial charge in [-0.25, -0.2) is 4.98 Å².